The predicted octanol–water partition coefficient (Wildman–Crippen LogP) is 2.81. The van der Waals surface area contributed by atoms with Gasteiger partial charge in [0.1, 0.15) is 0 Å². The van der Waals surface area contributed by atoms with Gasteiger partial charge in [-0.3, -0.25) is 0 Å². The molecule has 0 unspecified atom stereocenters. The van der Waals surface area contributed by atoms with Crippen molar-refractivity contribution >= 4 is 0 Å². The zero-order valence-corrected chi connectivity index (χ0v) is 8.89. The first-order valence-corrected chi connectivity index (χ1v) is 6.05. The SMILES string of the molecule is CC1CC(CNCC2CCCC2)C1. The van der Waals surface area contributed by atoms with E-state index >= 15 is 0 Å². The number of nitrogens with one attached hydrogen (secondary N) is 1. The van der Waals surface area contributed by atoms with Gasteiger partial charge in [-0.1, -0.05) is 19.8 Å². The Morgan fingerprint density at radius 2 is 1.62 bits per heavy atom. The second-order valence-electron chi connectivity index (χ2n) is 5.25. The molecule has 0 bridgehead atoms. The molecule has 13 heavy (non-hydrogen) atoms. The molecule has 1 heteroatoms. The summed E-state index contributed by atoms with van der Waals surface area (Å²) in [4.78, 5) is 0. The lowest BCUT2D eigenvalue weighted by molar-refractivity contribution is 0.204. The Morgan fingerprint density at radius 3 is 2.23 bits per heavy atom. The Bertz CT molecular complexity index is 143. The average Bonchev–Trinajstić information content (AvgIpc) is 2.53. The second kappa shape index (κ2) is 4.45. The molecular formula is C12H23N. The maximum atomic E-state index is 3.65. The van der Waals surface area contributed by atoms with Crippen molar-refractivity contribution in [3.63, 3.8) is 0 Å². The molecule has 0 spiro atoms. The molecular weight excluding hydrogens is 158 g/mol. The third-order valence-electron chi connectivity index (χ3n) is 3.81. The van der Waals surface area contributed by atoms with Crippen LogP contribution in [-0.2, 0) is 0 Å². The fourth-order valence-electron chi connectivity index (χ4n) is 2.94. The number of hydrogen-bond acceptors (Lipinski definition) is 1. The highest BCUT2D eigenvalue weighted by Gasteiger charge is 2.24. The van der Waals surface area contributed by atoms with Crippen molar-refractivity contribution in [2.45, 2.75) is 45.4 Å². The topological polar surface area (TPSA) is 12.0 Å². The molecule has 2 fully saturated rings. The molecule has 2 aliphatic rings. The summed E-state index contributed by atoms with van der Waals surface area (Å²) in [6.45, 7) is 4.96. The van der Waals surface area contributed by atoms with Gasteiger partial charge < -0.3 is 5.32 Å². The van der Waals surface area contributed by atoms with Crippen molar-refractivity contribution in [3.05, 3.63) is 0 Å². The first-order valence-electron chi connectivity index (χ1n) is 6.05. The number of rotatable bonds is 4. The van der Waals surface area contributed by atoms with Crippen molar-refractivity contribution in [1.82, 2.24) is 5.32 Å². The molecule has 76 valence electrons. The van der Waals surface area contributed by atoms with Crippen LogP contribution in [0.4, 0.5) is 0 Å². The Morgan fingerprint density at radius 1 is 1.00 bits per heavy atom. The molecule has 0 aliphatic heterocycles. The van der Waals surface area contributed by atoms with Gasteiger partial charge >= 0.3 is 0 Å². The van der Waals surface area contributed by atoms with Crippen LogP contribution in [0.1, 0.15) is 45.4 Å². The minimum atomic E-state index is 1.01. The zero-order chi connectivity index (χ0) is 9.10. The average molecular weight is 181 g/mol. The summed E-state index contributed by atoms with van der Waals surface area (Å²) in [6, 6.07) is 0. The van der Waals surface area contributed by atoms with E-state index in [9.17, 15) is 0 Å². The number of hydrogen-bond donors (Lipinski definition) is 1. The summed E-state index contributed by atoms with van der Waals surface area (Å²) < 4.78 is 0. The normalized spacial score (nSPS) is 34.8. The third kappa shape index (κ3) is 2.70. The van der Waals surface area contributed by atoms with Crippen molar-refractivity contribution < 1.29 is 0 Å². The summed E-state index contributed by atoms with van der Waals surface area (Å²) >= 11 is 0. The summed E-state index contributed by atoms with van der Waals surface area (Å²) in [6.07, 6.45) is 8.86. The molecule has 0 saturated heterocycles. The van der Waals surface area contributed by atoms with Gasteiger partial charge in [-0.2, -0.15) is 0 Å². The van der Waals surface area contributed by atoms with Crippen molar-refractivity contribution in [2.24, 2.45) is 17.8 Å². The monoisotopic (exact) mass is 181 g/mol. The minimum absolute atomic E-state index is 1.01. The van der Waals surface area contributed by atoms with Gasteiger partial charge in [0.25, 0.3) is 0 Å². The zero-order valence-electron chi connectivity index (χ0n) is 8.89. The van der Waals surface area contributed by atoms with Crippen LogP contribution in [0.25, 0.3) is 0 Å². The molecule has 2 rings (SSSR count). The molecule has 0 aromatic rings. The summed E-state index contributed by atoms with van der Waals surface area (Å²) in [5.41, 5.74) is 0. The standard InChI is InChI=1S/C12H23N/c1-10-6-12(7-10)9-13-8-11-4-2-3-5-11/h10-13H,2-9H2,1H3. The summed E-state index contributed by atoms with van der Waals surface area (Å²) in [5.74, 6) is 3.03. The van der Waals surface area contributed by atoms with Crippen LogP contribution < -0.4 is 5.32 Å². The molecule has 1 N–H and O–H groups in total. The van der Waals surface area contributed by atoms with Crippen molar-refractivity contribution in [2.75, 3.05) is 13.1 Å². The second-order valence-corrected chi connectivity index (χ2v) is 5.25. The van der Waals surface area contributed by atoms with Crippen LogP contribution in [0.15, 0.2) is 0 Å². The van der Waals surface area contributed by atoms with Gasteiger partial charge in [0.15, 0.2) is 0 Å². The Hall–Kier alpha value is -0.0400. The summed E-state index contributed by atoms with van der Waals surface area (Å²) in [5, 5.41) is 3.65. The molecule has 0 heterocycles. The van der Waals surface area contributed by atoms with E-state index in [1.54, 1.807) is 0 Å². The van der Waals surface area contributed by atoms with E-state index in [0.29, 0.717) is 0 Å². The van der Waals surface area contributed by atoms with Gasteiger partial charge in [0.05, 0.1) is 0 Å². The maximum Gasteiger partial charge on any atom is -0.00202 e. The van der Waals surface area contributed by atoms with Gasteiger partial charge in [-0.05, 0) is 56.5 Å². The fourth-order valence-corrected chi connectivity index (χ4v) is 2.94. The highest BCUT2D eigenvalue weighted by atomic mass is 14.9. The van der Waals surface area contributed by atoms with Crippen LogP contribution >= 0.6 is 0 Å². The highest BCUT2D eigenvalue weighted by molar-refractivity contribution is 4.78. The van der Waals surface area contributed by atoms with Crippen LogP contribution in [0, 0.1) is 17.8 Å². The molecule has 2 aliphatic carbocycles. The molecule has 2 saturated carbocycles. The first-order chi connectivity index (χ1) is 6.34. The highest BCUT2D eigenvalue weighted by Crippen LogP contribution is 2.32. The van der Waals surface area contributed by atoms with E-state index in [1.165, 1.54) is 51.6 Å². The summed E-state index contributed by atoms with van der Waals surface area (Å²) in [7, 11) is 0. The van der Waals surface area contributed by atoms with Crippen LogP contribution in [0.5, 0.6) is 0 Å². The lowest BCUT2D eigenvalue weighted by Crippen LogP contribution is -2.33. The predicted molar refractivity (Wildman–Crippen MR) is 56.7 cm³/mol. The van der Waals surface area contributed by atoms with Crippen molar-refractivity contribution in [1.29, 1.82) is 0 Å². The van der Waals surface area contributed by atoms with Crippen molar-refractivity contribution in [3.8, 4) is 0 Å². The molecule has 0 radical (unpaired) electrons. The Balaban J connectivity index is 1.49. The van der Waals surface area contributed by atoms with E-state index in [4.69, 9.17) is 0 Å². The van der Waals surface area contributed by atoms with E-state index < -0.39 is 0 Å². The van der Waals surface area contributed by atoms with Crippen LogP contribution in [0.3, 0.4) is 0 Å². The molecule has 0 aromatic carbocycles. The smallest absolute Gasteiger partial charge is 0.00202 e. The lowest BCUT2D eigenvalue weighted by Gasteiger charge is -2.33. The first kappa shape index (κ1) is 9.51. The fraction of sp³-hybridized carbons (Fsp3) is 1.00. The largest absolute Gasteiger partial charge is 0.316 e. The maximum absolute atomic E-state index is 3.65. The van der Waals surface area contributed by atoms with Gasteiger partial charge in [0, 0.05) is 0 Å². The van der Waals surface area contributed by atoms with E-state index in [-0.39, 0.29) is 0 Å². The Kier molecular flexibility index (Phi) is 3.26. The molecule has 1 nitrogen and oxygen atoms in total. The minimum Gasteiger partial charge on any atom is -0.316 e. The van der Waals surface area contributed by atoms with Gasteiger partial charge in [-0.25, -0.2) is 0 Å². The third-order valence-corrected chi connectivity index (χ3v) is 3.81. The molecule has 0 amide bonds. The van der Waals surface area contributed by atoms with Crippen LogP contribution in [-0.4, -0.2) is 13.1 Å². The quantitative estimate of drug-likeness (QED) is 0.703. The van der Waals surface area contributed by atoms with E-state index in [0.717, 1.165) is 17.8 Å². The molecule has 0 atom stereocenters. The molecule has 0 aromatic heterocycles. The van der Waals surface area contributed by atoms with E-state index in [2.05, 4.69) is 12.2 Å². The van der Waals surface area contributed by atoms with E-state index in [1.807, 2.05) is 0 Å². The van der Waals surface area contributed by atoms with Crippen LogP contribution in [0.2, 0.25) is 0 Å². The lowest BCUT2D eigenvalue weighted by atomic mass is 9.76. The van der Waals surface area contributed by atoms with Gasteiger partial charge in [-0.15, -0.1) is 0 Å². The van der Waals surface area contributed by atoms with Gasteiger partial charge in [0.2, 0.25) is 0 Å². The Labute approximate surface area is 82.3 Å².